The third-order valence-electron chi connectivity index (χ3n) is 3.14. The molecule has 0 fully saturated rings. The van der Waals surface area contributed by atoms with Crippen molar-refractivity contribution in [2.24, 2.45) is 5.73 Å². The highest BCUT2D eigenvalue weighted by atomic mass is 35.5. The first-order chi connectivity index (χ1) is 10.3. The molecule has 1 amide bonds. The molecule has 1 atom stereocenters. The van der Waals surface area contributed by atoms with Crippen LogP contribution in [0.3, 0.4) is 0 Å². The topological polar surface area (TPSA) is 92.5 Å². The fourth-order valence-electron chi connectivity index (χ4n) is 1.69. The normalized spacial score (nSPS) is 12.6. The van der Waals surface area contributed by atoms with Gasteiger partial charge in [0.25, 0.3) is 0 Å². The molecule has 3 N–H and O–H groups in total. The molecular weight excluding hydrogens is 358 g/mol. The number of benzene rings is 1. The van der Waals surface area contributed by atoms with Crippen LogP contribution in [0, 0.1) is 0 Å². The minimum Gasteiger partial charge on any atom is -0.351 e. The van der Waals surface area contributed by atoms with E-state index in [1.165, 1.54) is 26.2 Å². The van der Waals surface area contributed by atoms with Crippen LogP contribution in [0.5, 0.6) is 0 Å². The Balaban J connectivity index is 0.00000484. The van der Waals surface area contributed by atoms with Crippen LogP contribution >= 0.6 is 24.2 Å². The molecule has 0 bridgehead atoms. The lowest BCUT2D eigenvalue weighted by Gasteiger charge is -2.13. The number of rotatable bonds is 8. The summed E-state index contributed by atoms with van der Waals surface area (Å²) in [4.78, 5) is 12.0. The maximum atomic E-state index is 11.9. The van der Waals surface area contributed by atoms with E-state index < -0.39 is 16.1 Å². The Morgan fingerprint density at radius 3 is 2.35 bits per heavy atom. The molecule has 0 aliphatic heterocycles. The number of nitrogens with two attached hydrogens (primary N) is 1. The van der Waals surface area contributed by atoms with Crippen LogP contribution in [0.2, 0.25) is 0 Å². The molecule has 0 aromatic heterocycles. The second-order valence-electron chi connectivity index (χ2n) is 5.04. The third-order valence-corrected chi connectivity index (χ3v) is 5.61. The molecule has 6 nitrogen and oxygen atoms in total. The summed E-state index contributed by atoms with van der Waals surface area (Å²) in [7, 11) is -0.454. The lowest BCUT2D eigenvalue weighted by molar-refractivity contribution is -0.122. The molecule has 0 radical (unpaired) electrons. The van der Waals surface area contributed by atoms with Gasteiger partial charge in [0.2, 0.25) is 15.9 Å². The van der Waals surface area contributed by atoms with Gasteiger partial charge in [0, 0.05) is 20.6 Å². The predicted octanol–water partition coefficient (Wildman–Crippen LogP) is 1.06. The molecule has 0 heterocycles. The van der Waals surface area contributed by atoms with Crippen molar-refractivity contribution >= 4 is 40.1 Å². The fraction of sp³-hybridized carbons (Fsp3) is 0.500. The number of nitrogens with one attached hydrogen (secondary N) is 1. The quantitative estimate of drug-likeness (QED) is 0.702. The van der Waals surface area contributed by atoms with Crippen molar-refractivity contribution in [2.45, 2.75) is 23.9 Å². The minimum atomic E-state index is -3.42. The van der Waals surface area contributed by atoms with Gasteiger partial charge in [0.05, 0.1) is 10.9 Å². The molecule has 23 heavy (non-hydrogen) atoms. The largest absolute Gasteiger partial charge is 0.351 e. The minimum absolute atomic E-state index is 0. The molecule has 132 valence electrons. The van der Waals surface area contributed by atoms with Gasteiger partial charge >= 0.3 is 0 Å². The van der Waals surface area contributed by atoms with Gasteiger partial charge in [0.15, 0.2) is 0 Å². The molecule has 9 heteroatoms. The standard InChI is InChI=1S/C14H23N3O3S2.ClH/c1-17(2)22(19,20)12-6-4-11(5-7-12)10-16-14(18)13(15)8-9-21-3;/h4-7,13H,8-10,15H2,1-3H3,(H,16,18);1H/t13-;/m0./s1. The van der Waals surface area contributed by atoms with Gasteiger partial charge in [-0.1, -0.05) is 12.1 Å². The number of thioether (sulfide) groups is 1. The van der Waals surface area contributed by atoms with Crippen LogP contribution in [0.1, 0.15) is 12.0 Å². The van der Waals surface area contributed by atoms with E-state index in [9.17, 15) is 13.2 Å². The Bertz CT molecular complexity index is 592. The number of carbonyl (C=O) groups is 1. The summed E-state index contributed by atoms with van der Waals surface area (Å²) >= 11 is 1.65. The van der Waals surface area contributed by atoms with Gasteiger partial charge in [-0.2, -0.15) is 11.8 Å². The Hall–Kier alpha value is -0.800. The number of hydrogen-bond donors (Lipinski definition) is 2. The number of halogens is 1. The van der Waals surface area contributed by atoms with Gasteiger partial charge < -0.3 is 11.1 Å². The zero-order valence-corrected chi connectivity index (χ0v) is 15.9. The number of sulfonamides is 1. The van der Waals surface area contributed by atoms with Crippen LogP contribution in [0.25, 0.3) is 0 Å². The van der Waals surface area contributed by atoms with E-state index in [1.54, 1.807) is 23.9 Å². The second kappa shape index (κ2) is 10.1. The van der Waals surface area contributed by atoms with E-state index in [4.69, 9.17) is 5.73 Å². The monoisotopic (exact) mass is 381 g/mol. The summed E-state index contributed by atoms with van der Waals surface area (Å²) in [5.41, 5.74) is 6.59. The molecular formula is C14H24ClN3O3S2. The molecule has 1 rings (SSSR count). The van der Waals surface area contributed by atoms with E-state index in [0.29, 0.717) is 13.0 Å². The molecule has 0 unspecified atom stereocenters. The summed E-state index contributed by atoms with van der Waals surface area (Å²) in [6.45, 7) is 0.327. The predicted molar refractivity (Wildman–Crippen MR) is 97.4 cm³/mol. The maximum absolute atomic E-state index is 11.9. The molecule has 0 saturated heterocycles. The fourth-order valence-corrected chi connectivity index (χ4v) is 3.08. The Morgan fingerprint density at radius 2 is 1.87 bits per heavy atom. The zero-order valence-electron chi connectivity index (χ0n) is 13.5. The highest BCUT2D eigenvalue weighted by molar-refractivity contribution is 7.98. The summed E-state index contributed by atoms with van der Waals surface area (Å²) in [6, 6.07) is 5.92. The number of nitrogens with zero attached hydrogens (tertiary/aromatic N) is 1. The molecule has 1 aromatic rings. The lowest BCUT2D eigenvalue weighted by Crippen LogP contribution is -2.40. The summed E-state index contributed by atoms with van der Waals surface area (Å²) in [5.74, 6) is 0.644. The van der Waals surface area contributed by atoms with Crippen molar-refractivity contribution < 1.29 is 13.2 Å². The van der Waals surface area contributed by atoms with Crippen molar-refractivity contribution in [3.63, 3.8) is 0 Å². The molecule has 0 saturated carbocycles. The van der Waals surface area contributed by atoms with Crippen molar-refractivity contribution in [1.29, 1.82) is 0 Å². The average molecular weight is 382 g/mol. The lowest BCUT2D eigenvalue weighted by atomic mass is 10.2. The zero-order chi connectivity index (χ0) is 16.8. The number of amides is 1. The average Bonchev–Trinajstić information content (AvgIpc) is 2.50. The summed E-state index contributed by atoms with van der Waals surface area (Å²) in [5, 5.41) is 2.76. The van der Waals surface area contributed by atoms with Crippen LogP contribution in [-0.2, 0) is 21.4 Å². The van der Waals surface area contributed by atoms with Crippen molar-refractivity contribution in [3.8, 4) is 0 Å². The van der Waals surface area contributed by atoms with Crippen LogP contribution < -0.4 is 11.1 Å². The number of carbonyl (C=O) groups excluding carboxylic acids is 1. The van der Waals surface area contributed by atoms with Crippen LogP contribution in [0.15, 0.2) is 29.2 Å². The Kier molecular flexibility index (Phi) is 9.79. The SMILES string of the molecule is CSCC[C@H](N)C(=O)NCc1ccc(S(=O)(=O)N(C)C)cc1.Cl. The van der Waals surface area contributed by atoms with Gasteiger partial charge in [-0.3, -0.25) is 4.79 Å². The van der Waals surface area contributed by atoms with Gasteiger partial charge in [-0.25, -0.2) is 12.7 Å². The van der Waals surface area contributed by atoms with Crippen molar-refractivity contribution in [2.75, 3.05) is 26.1 Å². The molecule has 1 aromatic carbocycles. The van der Waals surface area contributed by atoms with Gasteiger partial charge in [-0.15, -0.1) is 12.4 Å². The van der Waals surface area contributed by atoms with Gasteiger partial charge in [-0.05, 0) is 36.1 Å². The van der Waals surface area contributed by atoms with E-state index in [-0.39, 0.29) is 23.2 Å². The second-order valence-corrected chi connectivity index (χ2v) is 8.17. The number of hydrogen-bond acceptors (Lipinski definition) is 5. The maximum Gasteiger partial charge on any atom is 0.242 e. The van der Waals surface area contributed by atoms with Crippen molar-refractivity contribution in [1.82, 2.24) is 9.62 Å². The molecule has 0 aliphatic carbocycles. The summed E-state index contributed by atoms with van der Waals surface area (Å²) in [6.07, 6.45) is 2.60. The van der Waals surface area contributed by atoms with E-state index >= 15 is 0 Å². The van der Waals surface area contributed by atoms with E-state index in [2.05, 4.69) is 5.32 Å². The molecule has 0 aliphatic rings. The first-order valence-corrected chi connectivity index (χ1v) is 9.66. The third kappa shape index (κ3) is 6.68. The van der Waals surface area contributed by atoms with E-state index in [1.807, 2.05) is 6.26 Å². The van der Waals surface area contributed by atoms with Gasteiger partial charge in [0.1, 0.15) is 0 Å². The highest BCUT2D eigenvalue weighted by Gasteiger charge is 2.17. The van der Waals surface area contributed by atoms with E-state index in [0.717, 1.165) is 15.6 Å². The highest BCUT2D eigenvalue weighted by Crippen LogP contribution is 2.13. The Labute approximate surface area is 148 Å². The van der Waals surface area contributed by atoms with Crippen LogP contribution in [0.4, 0.5) is 0 Å². The molecule has 0 spiro atoms. The van der Waals surface area contributed by atoms with Crippen molar-refractivity contribution in [3.05, 3.63) is 29.8 Å². The Morgan fingerprint density at radius 1 is 1.30 bits per heavy atom. The van der Waals surface area contributed by atoms with Crippen LogP contribution in [-0.4, -0.2) is 50.8 Å². The summed E-state index contributed by atoms with van der Waals surface area (Å²) < 4.78 is 25.0. The first-order valence-electron chi connectivity index (χ1n) is 6.82. The first kappa shape index (κ1) is 22.2. The smallest absolute Gasteiger partial charge is 0.242 e.